The molecule has 1 aliphatic heterocycles. The summed E-state index contributed by atoms with van der Waals surface area (Å²) < 4.78 is 0. The second-order valence-electron chi connectivity index (χ2n) is 2.86. The Balaban J connectivity index is 2.54. The van der Waals surface area contributed by atoms with Gasteiger partial charge >= 0.3 is 0 Å². The molecule has 0 aromatic carbocycles. The molecule has 1 heterocycles. The van der Waals surface area contributed by atoms with Gasteiger partial charge in [0.05, 0.1) is 6.61 Å². The lowest BCUT2D eigenvalue weighted by Crippen LogP contribution is -2.43. The minimum absolute atomic E-state index is 0.0476. The molecule has 0 aromatic heterocycles. The number of aliphatic hydroxyl groups excluding tert-OH is 1. The van der Waals surface area contributed by atoms with Crippen molar-refractivity contribution in [2.24, 2.45) is 0 Å². The number of amides is 1. The van der Waals surface area contributed by atoms with Crippen molar-refractivity contribution in [3.05, 3.63) is 0 Å². The average molecular weight is 158 g/mol. The maximum atomic E-state index is 11.0. The van der Waals surface area contributed by atoms with Gasteiger partial charge < -0.3 is 5.11 Å². The Morgan fingerprint density at radius 3 is 2.73 bits per heavy atom. The van der Waals surface area contributed by atoms with Gasteiger partial charge in [-0.05, 0) is 6.92 Å². The lowest BCUT2D eigenvalue weighted by atomic mass is 10.3. The van der Waals surface area contributed by atoms with E-state index in [1.165, 1.54) is 0 Å². The summed E-state index contributed by atoms with van der Waals surface area (Å²) in [6, 6.07) is 0.0476. The highest BCUT2D eigenvalue weighted by atomic mass is 16.3. The molecular formula is C7H14N2O2. The fourth-order valence-corrected chi connectivity index (χ4v) is 1.28. The molecule has 1 N–H and O–H groups in total. The van der Waals surface area contributed by atoms with E-state index in [4.69, 9.17) is 5.11 Å². The Morgan fingerprint density at radius 2 is 2.36 bits per heavy atom. The summed E-state index contributed by atoms with van der Waals surface area (Å²) in [6.45, 7) is 2.73. The maximum Gasteiger partial charge on any atom is 0.237 e. The van der Waals surface area contributed by atoms with Crippen molar-refractivity contribution in [1.29, 1.82) is 0 Å². The van der Waals surface area contributed by atoms with Crippen LogP contribution in [0, 0.1) is 0 Å². The molecule has 0 bridgehead atoms. The summed E-state index contributed by atoms with van der Waals surface area (Å²) in [5.41, 5.74) is 0. The molecule has 1 unspecified atom stereocenters. The highest BCUT2D eigenvalue weighted by Gasteiger charge is 2.28. The Bertz CT molecular complexity index is 161. The van der Waals surface area contributed by atoms with Crippen LogP contribution in [0.25, 0.3) is 0 Å². The van der Waals surface area contributed by atoms with Gasteiger partial charge in [0.2, 0.25) is 5.91 Å². The number of aliphatic hydroxyl groups is 1. The van der Waals surface area contributed by atoms with Crippen molar-refractivity contribution >= 4 is 5.91 Å². The normalized spacial score (nSPS) is 22.8. The van der Waals surface area contributed by atoms with Crippen LogP contribution in [0.2, 0.25) is 0 Å². The van der Waals surface area contributed by atoms with Gasteiger partial charge in [0.15, 0.2) is 0 Å². The summed E-state index contributed by atoms with van der Waals surface area (Å²) in [4.78, 5) is 11.0. The molecule has 4 heteroatoms. The molecule has 64 valence electrons. The highest BCUT2D eigenvalue weighted by Crippen LogP contribution is 2.12. The predicted molar refractivity (Wildman–Crippen MR) is 40.6 cm³/mol. The second kappa shape index (κ2) is 3.19. The highest BCUT2D eigenvalue weighted by molar-refractivity contribution is 5.77. The lowest BCUT2D eigenvalue weighted by molar-refractivity contribution is -0.138. The maximum absolute atomic E-state index is 11.0. The topological polar surface area (TPSA) is 43.8 Å². The summed E-state index contributed by atoms with van der Waals surface area (Å²) in [5.74, 6) is 0.130. The third-order valence-electron chi connectivity index (χ3n) is 2.07. The van der Waals surface area contributed by atoms with Gasteiger partial charge in [-0.15, -0.1) is 0 Å². The molecule has 1 rings (SSSR count). The van der Waals surface area contributed by atoms with Gasteiger partial charge in [0.25, 0.3) is 0 Å². The number of rotatable bonds is 2. The van der Waals surface area contributed by atoms with Crippen molar-refractivity contribution in [3.63, 3.8) is 0 Å². The first-order valence-corrected chi connectivity index (χ1v) is 3.80. The first-order valence-electron chi connectivity index (χ1n) is 3.80. The zero-order valence-corrected chi connectivity index (χ0v) is 6.95. The minimum atomic E-state index is 0.0476. The molecule has 0 radical (unpaired) electrons. The van der Waals surface area contributed by atoms with E-state index in [0.717, 1.165) is 6.54 Å². The SMILES string of the molecule is CC(CO)N1CCC(=O)N1C. The van der Waals surface area contributed by atoms with Gasteiger partial charge in [0, 0.05) is 26.1 Å². The number of carbonyl (C=O) groups excluding carboxylic acids is 1. The number of hydrogen-bond donors (Lipinski definition) is 1. The van der Waals surface area contributed by atoms with Crippen molar-refractivity contribution in [3.8, 4) is 0 Å². The van der Waals surface area contributed by atoms with Crippen molar-refractivity contribution in [2.75, 3.05) is 20.2 Å². The van der Waals surface area contributed by atoms with E-state index in [-0.39, 0.29) is 18.6 Å². The van der Waals surface area contributed by atoms with Crippen molar-refractivity contribution in [1.82, 2.24) is 10.0 Å². The number of hydrazine groups is 1. The lowest BCUT2D eigenvalue weighted by Gasteiger charge is -2.28. The molecule has 4 nitrogen and oxygen atoms in total. The minimum Gasteiger partial charge on any atom is -0.395 e. The van der Waals surface area contributed by atoms with E-state index in [1.54, 1.807) is 12.1 Å². The van der Waals surface area contributed by atoms with Gasteiger partial charge in [-0.25, -0.2) is 5.01 Å². The molecule has 0 aromatic rings. The van der Waals surface area contributed by atoms with Crippen LogP contribution in [-0.4, -0.2) is 47.3 Å². The molecule has 1 saturated heterocycles. The second-order valence-corrected chi connectivity index (χ2v) is 2.86. The van der Waals surface area contributed by atoms with E-state index in [1.807, 2.05) is 11.9 Å². The van der Waals surface area contributed by atoms with E-state index >= 15 is 0 Å². The largest absolute Gasteiger partial charge is 0.395 e. The standard InChI is InChI=1S/C7H14N2O2/c1-6(5-10)9-4-3-7(11)8(9)2/h6,10H,3-5H2,1-2H3. The van der Waals surface area contributed by atoms with Crippen LogP contribution < -0.4 is 0 Å². The van der Waals surface area contributed by atoms with Gasteiger partial charge in [-0.2, -0.15) is 0 Å². The van der Waals surface area contributed by atoms with Crippen LogP contribution in [0.15, 0.2) is 0 Å². The van der Waals surface area contributed by atoms with E-state index in [2.05, 4.69) is 0 Å². The van der Waals surface area contributed by atoms with Crippen LogP contribution in [0.5, 0.6) is 0 Å². The Morgan fingerprint density at radius 1 is 1.73 bits per heavy atom. The van der Waals surface area contributed by atoms with Crippen molar-refractivity contribution in [2.45, 2.75) is 19.4 Å². The van der Waals surface area contributed by atoms with E-state index in [0.29, 0.717) is 6.42 Å². The van der Waals surface area contributed by atoms with Crippen molar-refractivity contribution < 1.29 is 9.90 Å². The molecule has 1 aliphatic rings. The zero-order valence-electron chi connectivity index (χ0n) is 6.95. The van der Waals surface area contributed by atoms with Crippen LogP contribution in [0.3, 0.4) is 0 Å². The Labute approximate surface area is 66.4 Å². The van der Waals surface area contributed by atoms with Crippen LogP contribution in [0.4, 0.5) is 0 Å². The summed E-state index contributed by atoms with van der Waals surface area (Å²) in [5, 5.41) is 12.3. The van der Waals surface area contributed by atoms with E-state index < -0.39 is 0 Å². The third kappa shape index (κ3) is 1.52. The Kier molecular flexibility index (Phi) is 2.46. The monoisotopic (exact) mass is 158 g/mol. The fourth-order valence-electron chi connectivity index (χ4n) is 1.28. The van der Waals surface area contributed by atoms with Gasteiger partial charge in [-0.3, -0.25) is 9.80 Å². The third-order valence-corrected chi connectivity index (χ3v) is 2.07. The van der Waals surface area contributed by atoms with Gasteiger partial charge in [-0.1, -0.05) is 0 Å². The predicted octanol–water partition coefficient (Wildman–Crippen LogP) is -0.554. The van der Waals surface area contributed by atoms with Crippen LogP contribution >= 0.6 is 0 Å². The molecule has 0 aliphatic carbocycles. The quantitative estimate of drug-likeness (QED) is 0.586. The molecule has 1 fully saturated rings. The summed E-state index contributed by atoms with van der Waals surface area (Å²) in [6.07, 6.45) is 0.570. The number of hydrogen-bond acceptors (Lipinski definition) is 3. The molecule has 1 amide bonds. The molecule has 1 atom stereocenters. The first kappa shape index (κ1) is 8.49. The molecule has 0 saturated carbocycles. The summed E-state index contributed by atoms with van der Waals surface area (Å²) in [7, 11) is 1.74. The molecule has 0 spiro atoms. The number of carbonyl (C=O) groups is 1. The fraction of sp³-hybridized carbons (Fsp3) is 0.857. The smallest absolute Gasteiger partial charge is 0.237 e. The van der Waals surface area contributed by atoms with Crippen LogP contribution in [-0.2, 0) is 4.79 Å². The Hall–Kier alpha value is -0.610. The van der Waals surface area contributed by atoms with Gasteiger partial charge in [0.1, 0.15) is 0 Å². The first-order chi connectivity index (χ1) is 5.16. The van der Waals surface area contributed by atoms with E-state index in [9.17, 15) is 4.79 Å². The zero-order chi connectivity index (χ0) is 8.43. The summed E-state index contributed by atoms with van der Waals surface area (Å²) >= 11 is 0. The number of nitrogens with zero attached hydrogens (tertiary/aromatic N) is 2. The average Bonchev–Trinajstić information content (AvgIpc) is 2.32. The molecular weight excluding hydrogens is 144 g/mol. The van der Waals surface area contributed by atoms with Crippen LogP contribution in [0.1, 0.15) is 13.3 Å². The molecule has 11 heavy (non-hydrogen) atoms.